The summed E-state index contributed by atoms with van der Waals surface area (Å²) in [6.45, 7) is 6.63. The highest BCUT2D eigenvalue weighted by molar-refractivity contribution is 5.77. The zero-order chi connectivity index (χ0) is 24.3. The van der Waals surface area contributed by atoms with Crippen LogP contribution in [0.4, 0.5) is 5.82 Å². The number of fused-ring (bicyclic) bond motifs is 2. The molecule has 2 aliphatic heterocycles. The van der Waals surface area contributed by atoms with Gasteiger partial charge >= 0.3 is 0 Å². The molecule has 2 fully saturated rings. The normalized spacial score (nSPS) is 26.0. The molecule has 0 amide bonds. The fourth-order valence-corrected chi connectivity index (χ4v) is 5.87. The quantitative estimate of drug-likeness (QED) is 0.613. The second kappa shape index (κ2) is 7.94. The van der Waals surface area contributed by atoms with E-state index in [0.29, 0.717) is 17.3 Å². The summed E-state index contributed by atoms with van der Waals surface area (Å²) in [6.07, 6.45) is 6.34. The summed E-state index contributed by atoms with van der Waals surface area (Å²) < 4.78 is 1.52. The lowest BCUT2D eigenvalue weighted by atomic mass is 9.84. The Hall–Kier alpha value is -3.19. The van der Waals surface area contributed by atoms with Crippen molar-refractivity contribution in [3.63, 3.8) is 0 Å². The first-order valence-electron chi connectivity index (χ1n) is 11.9. The molecule has 7 nitrogen and oxygen atoms in total. The second-order valence-corrected chi connectivity index (χ2v) is 10.7. The first-order chi connectivity index (χ1) is 16.1. The average molecular weight is 460 g/mol. The Labute approximate surface area is 200 Å². The van der Waals surface area contributed by atoms with Gasteiger partial charge in [0.25, 0.3) is 5.56 Å². The van der Waals surface area contributed by atoms with E-state index in [1.165, 1.54) is 17.4 Å². The molecule has 5 rings (SSSR count). The number of phenols is 1. The number of phenolic OH excluding ortho intramolecular Hbond substituents is 1. The standard InChI is InChI=1S/C27H33N5O2/c1-17-12-21(23(33)14-20(17)18-8-11-31(4)25(34)13-18)22-6-7-24(29-28-22)32(5)19-15-26(2)9-10-27(3,16-19)30-26/h6-8,11-14,19,30,33H,9-10,15-16H2,1-5H3/t19?,26-,27+. The van der Waals surface area contributed by atoms with Crippen LogP contribution in [0.2, 0.25) is 0 Å². The minimum Gasteiger partial charge on any atom is -0.507 e. The molecule has 2 saturated heterocycles. The molecule has 3 atom stereocenters. The van der Waals surface area contributed by atoms with E-state index in [9.17, 15) is 9.90 Å². The van der Waals surface area contributed by atoms with Gasteiger partial charge in [-0.05, 0) is 93.5 Å². The van der Waals surface area contributed by atoms with Crippen molar-refractivity contribution in [1.29, 1.82) is 0 Å². The number of aromatic nitrogens is 3. The Kier molecular flexibility index (Phi) is 5.28. The van der Waals surface area contributed by atoms with E-state index >= 15 is 0 Å². The molecule has 2 N–H and O–H groups in total. The smallest absolute Gasteiger partial charge is 0.250 e. The van der Waals surface area contributed by atoms with Crippen LogP contribution in [0.25, 0.3) is 22.4 Å². The number of nitrogens with zero attached hydrogens (tertiary/aromatic N) is 4. The molecule has 3 aromatic rings. The van der Waals surface area contributed by atoms with Crippen molar-refractivity contribution < 1.29 is 5.11 Å². The molecule has 4 heterocycles. The predicted molar refractivity (Wildman–Crippen MR) is 135 cm³/mol. The van der Waals surface area contributed by atoms with E-state index in [0.717, 1.165) is 35.3 Å². The Morgan fingerprint density at radius 2 is 1.76 bits per heavy atom. The van der Waals surface area contributed by atoms with Gasteiger partial charge in [-0.15, -0.1) is 10.2 Å². The summed E-state index contributed by atoms with van der Waals surface area (Å²) >= 11 is 0. The van der Waals surface area contributed by atoms with Gasteiger partial charge in [-0.25, -0.2) is 0 Å². The van der Waals surface area contributed by atoms with Crippen LogP contribution in [0.3, 0.4) is 0 Å². The Morgan fingerprint density at radius 3 is 2.38 bits per heavy atom. The number of rotatable bonds is 4. The summed E-state index contributed by atoms with van der Waals surface area (Å²) in [6, 6.07) is 11.4. The van der Waals surface area contributed by atoms with Gasteiger partial charge in [0.05, 0.1) is 5.69 Å². The van der Waals surface area contributed by atoms with Gasteiger partial charge in [0, 0.05) is 49.0 Å². The summed E-state index contributed by atoms with van der Waals surface area (Å²) in [5, 5.41) is 23.6. The molecule has 34 heavy (non-hydrogen) atoms. The first-order valence-corrected chi connectivity index (χ1v) is 11.9. The molecule has 2 aliphatic rings. The van der Waals surface area contributed by atoms with Crippen molar-refractivity contribution in [2.24, 2.45) is 7.05 Å². The van der Waals surface area contributed by atoms with Gasteiger partial charge in [0.2, 0.25) is 0 Å². The number of benzene rings is 1. The van der Waals surface area contributed by atoms with Crippen LogP contribution in [0.15, 0.2) is 47.4 Å². The van der Waals surface area contributed by atoms with Gasteiger partial charge in [0.1, 0.15) is 5.75 Å². The summed E-state index contributed by atoms with van der Waals surface area (Å²) in [5.74, 6) is 0.961. The average Bonchev–Trinajstić information content (AvgIpc) is 3.03. The van der Waals surface area contributed by atoms with Gasteiger partial charge in [-0.3, -0.25) is 4.79 Å². The van der Waals surface area contributed by atoms with Crippen LogP contribution < -0.4 is 15.8 Å². The topological polar surface area (TPSA) is 83.3 Å². The highest BCUT2D eigenvalue weighted by Gasteiger charge is 2.49. The van der Waals surface area contributed by atoms with Crippen molar-refractivity contribution in [3.05, 3.63) is 58.5 Å². The molecule has 0 spiro atoms. The van der Waals surface area contributed by atoms with Crippen LogP contribution >= 0.6 is 0 Å². The van der Waals surface area contributed by atoms with E-state index in [1.54, 1.807) is 25.4 Å². The number of hydrogen-bond donors (Lipinski definition) is 2. The molecular formula is C27H33N5O2. The molecule has 0 radical (unpaired) electrons. The van der Waals surface area contributed by atoms with E-state index in [1.807, 2.05) is 31.2 Å². The number of anilines is 1. The SMILES string of the molecule is Cc1cc(-c2ccc(N(C)C3C[C@]4(C)CC[C@](C)(C3)N4)nn2)c(O)cc1-c1ccn(C)c(=O)c1. The van der Waals surface area contributed by atoms with Crippen LogP contribution in [0.5, 0.6) is 5.75 Å². The molecule has 7 heteroatoms. The molecule has 1 aromatic carbocycles. The molecule has 2 aromatic heterocycles. The van der Waals surface area contributed by atoms with Crippen molar-refractivity contribution >= 4 is 5.82 Å². The highest BCUT2D eigenvalue weighted by Crippen LogP contribution is 2.44. The maximum atomic E-state index is 12.0. The van der Waals surface area contributed by atoms with Gasteiger partial charge < -0.3 is 19.9 Å². The monoisotopic (exact) mass is 459 g/mol. The molecular weight excluding hydrogens is 426 g/mol. The Balaban J connectivity index is 1.40. The molecule has 0 saturated carbocycles. The number of nitrogens with one attached hydrogen (secondary N) is 1. The third-order valence-electron chi connectivity index (χ3n) is 7.80. The molecule has 178 valence electrons. The summed E-state index contributed by atoms with van der Waals surface area (Å²) in [5.41, 5.74) is 4.10. The van der Waals surface area contributed by atoms with E-state index in [2.05, 4.69) is 41.3 Å². The lowest BCUT2D eigenvalue weighted by Gasteiger charge is -2.45. The zero-order valence-corrected chi connectivity index (χ0v) is 20.6. The van der Waals surface area contributed by atoms with Crippen LogP contribution in [-0.2, 0) is 7.05 Å². The van der Waals surface area contributed by atoms with Crippen LogP contribution in [-0.4, -0.2) is 44.0 Å². The minimum absolute atomic E-state index is 0.0872. The van der Waals surface area contributed by atoms with Crippen molar-refractivity contribution in [2.75, 3.05) is 11.9 Å². The number of pyridine rings is 1. The lowest BCUT2D eigenvalue weighted by molar-refractivity contribution is 0.207. The lowest BCUT2D eigenvalue weighted by Crippen LogP contribution is -2.58. The van der Waals surface area contributed by atoms with E-state index in [4.69, 9.17) is 0 Å². The number of piperidine rings is 1. The number of aryl methyl sites for hydroxylation is 2. The second-order valence-electron chi connectivity index (χ2n) is 10.7. The Morgan fingerprint density at radius 1 is 1.06 bits per heavy atom. The van der Waals surface area contributed by atoms with Gasteiger partial charge in [0.15, 0.2) is 5.82 Å². The van der Waals surface area contributed by atoms with Crippen molar-refractivity contribution in [2.45, 2.75) is 63.6 Å². The first kappa shape index (κ1) is 22.6. The third kappa shape index (κ3) is 3.98. The minimum atomic E-state index is -0.0872. The number of aromatic hydroxyl groups is 1. The molecule has 2 bridgehead atoms. The third-order valence-corrected chi connectivity index (χ3v) is 7.80. The van der Waals surface area contributed by atoms with Crippen molar-refractivity contribution in [1.82, 2.24) is 20.1 Å². The largest absolute Gasteiger partial charge is 0.507 e. The fourth-order valence-electron chi connectivity index (χ4n) is 5.87. The van der Waals surface area contributed by atoms with Crippen molar-refractivity contribution in [3.8, 4) is 28.1 Å². The summed E-state index contributed by atoms with van der Waals surface area (Å²) in [4.78, 5) is 14.3. The Bertz CT molecular complexity index is 1280. The molecule has 0 aliphatic carbocycles. The van der Waals surface area contributed by atoms with Crippen LogP contribution in [0.1, 0.15) is 45.1 Å². The fraction of sp³-hybridized carbons (Fsp3) is 0.444. The summed E-state index contributed by atoms with van der Waals surface area (Å²) in [7, 11) is 3.82. The van der Waals surface area contributed by atoms with Gasteiger partial charge in [-0.1, -0.05) is 0 Å². The maximum absolute atomic E-state index is 12.0. The highest BCUT2D eigenvalue weighted by atomic mass is 16.3. The van der Waals surface area contributed by atoms with Gasteiger partial charge in [-0.2, -0.15) is 0 Å². The van der Waals surface area contributed by atoms with E-state index in [-0.39, 0.29) is 22.4 Å². The maximum Gasteiger partial charge on any atom is 0.250 e. The number of hydrogen-bond acceptors (Lipinski definition) is 6. The zero-order valence-electron chi connectivity index (χ0n) is 20.6. The van der Waals surface area contributed by atoms with Crippen LogP contribution in [0, 0.1) is 6.92 Å². The molecule has 1 unspecified atom stereocenters. The van der Waals surface area contributed by atoms with E-state index < -0.39 is 0 Å². The predicted octanol–water partition coefficient (Wildman–Crippen LogP) is 4.02.